The molecule has 0 radical (unpaired) electrons. The molecule has 0 spiro atoms. The first-order valence-corrected chi connectivity index (χ1v) is 10.0. The zero-order chi connectivity index (χ0) is 18.2. The zero-order valence-corrected chi connectivity index (χ0v) is 18.7. The number of rotatable bonds is 5. The number of halogens is 1. The summed E-state index contributed by atoms with van der Waals surface area (Å²) in [5.74, 6) is 1.48. The van der Waals surface area contributed by atoms with E-state index >= 15 is 0 Å². The van der Waals surface area contributed by atoms with Crippen molar-refractivity contribution >= 4 is 29.9 Å². The van der Waals surface area contributed by atoms with Crippen LogP contribution in [0.4, 0.5) is 0 Å². The van der Waals surface area contributed by atoms with Crippen molar-refractivity contribution in [2.45, 2.75) is 62.8 Å². The SMILES string of the molecule is COc1ccc(C2(CN=C(N)NC3CCCCCC3)CCOCC2)cc1.I. The lowest BCUT2D eigenvalue weighted by Crippen LogP contribution is -2.42. The van der Waals surface area contributed by atoms with Gasteiger partial charge in [0.15, 0.2) is 5.96 Å². The fourth-order valence-corrected chi connectivity index (χ4v) is 4.16. The third-order valence-electron chi connectivity index (χ3n) is 5.91. The highest BCUT2D eigenvalue weighted by Crippen LogP contribution is 2.36. The van der Waals surface area contributed by atoms with Gasteiger partial charge in [0.05, 0.1) is 13.7 Å². The number of nitrogens with two attached hydrogens (primary N) is 1. The van der Waals surface area contributed by atoms with Gasteiger partial charge in [-0.3, -0.25) is 4.99 Å². The molecule has 1 heterocycles. The van der Waals surface area contributed by atoms with E-state index in [1.807, 2.05) is 12.1 Å². The van der Waals surface area contributed by atoms with E-state index in [1.54, 1.807) is 7.11 Å². The molecule has 152 valence electrons. The summed E-state index contributed by atoms with van der Waals surface area (Å²) >= 11 is 0. The minimum atomic E-state index is 0. The van der Waals surface area contributed by atoms with Crippen LogP contribution in [-0.4, -0.2) is 38.9 Å². The summed E-state index contributed by atoms with van der Waals surface area (Å²) in [4.78, 5) is 4.76. The number of guanidine groups is 1. The van der Waals surface area contributed by atoms with Crippen molar-refractivity contribution in [3.05, 3.63) is 29.8 Å². The summed E-state index contributed by atoms with van der Waals surface area (Å²) in [6, 6.07) is 8.86. The van der Waals surface area contributed by atoms with Crippen molar-refractivity contribution < 1.29 is 9.47 Å². The second-order valence-electron chi connectivity index (χ2n) is 7.66. The molecule has 3 N–H and O–H groups in total. The Bertz CT molecular complexity index is 578. The summed E-state index contributed by atoms with van der Waals surface area (Å²) in [6.07, 6.45) is 9.61. The molecule has 0 bridgehead atoms. The molecule has 1 aromatic carbocycles. The van der Waals surface area contributed by atoms with Crippen molar-refractivity contribution in [2.75, 3.05) is 26.9 Å². The average molecular weight is 487 g/mol. The number of hydrogen-bond acceptors (Lipinski definition) is 3. The molecule has 1 saturated heterocycles. The second kappa shape index (κ2) is 11.1. The lowest BCUT2D eigenvalue weighted by atomic mass is 9.74. The normalized spacial score (nSPS) is 21.0. The molecular weight excluding hydrogens is 453 g/mol. The Balaban J connectivity index is 0.00000261. The molecule has 0 amide bonds. The van der Waals surface area contributed by atoms with Crippen molar-refractivity contribution in [2.24, 2.45) is 10.7 Å². The molecular formula is C21H34IN3O2. The van der Waals surface area contributed by atoms with Crippen LogP contribution in [0.5, 0.6) is 5.75 Å². The molecule has 2 aliphatic rings. The third kappa shape index (κ3) is 6.24. The zero-order valence-electron chi connectivity index (χ0n) is 16.4. The second-order valence-corrected chi connectivity index (χ2v) is 7.66. The molecule has 3 rings (SSSR count). The third-order valence-corrected chi connectivity index (χ3v) is 5.91. The van der Waals surface area contributed by atoms with Gasteiger partial charge in [0.25, 0.3) is 0 Å². The van der Waals surface area contributed by atoms with Gasteiger partial charge in [0, 0.05) is 24.7 Å². The molecule has 0 unspecified atom stereocenters. The number of benzene rings is 1. The first-order chi connectivity index (χ1) is 12.7. The Hall–Kier alpha value is -1.02. The molecule has 1 aliphatic carbocycles. The largest absolute Gasteiger partial charge is 0.497 e. The van der Waals surface area contributed by atoms with Crippen LogP contribution >= 0.6 is 24.0 Å². The van der Waals surface area contributed by atoms with Crippen molar-refractivity contribution in [3.8, 4) is 5.75 Å². The fraction of sp³-hybridized carbons (Fsp3) is 0.667. The van der Waals surface area contributed by atoms with Crippen LogP contribution in [0.1, 0.15) is 56.9 Å². The van der Waals surface area contributed by atoms with Gasteiger partial charge in [0.2, 0.25) is 0 Å². The van der Waals surface area contributed by atoms with Gasteiger partial charge in [-0.2, -0.15) is 0 Å². The van der Waals surface area contributed by atoms with E-state index in [9.17, 15) is 0 Å². The lowest BCUT2D eigenvalue weighted by Gasteiger charge is -2.36. The number of ether oxygens (including phenoxy) is 2. The van der Waals surface area contributed by atoms with Crippen LogP contribution < -0.4 is 15.8 Å². The maximum Gasteiger partial charge on any atom is 0.188 e. The Labute approximate surface area is 180 Å². The van der Waals surface area contributed by atoms with Crippen molar-refractivity contribution in [1.82, 2.24) is 5.32 Å². The van der Waals surface area contributed by atoms with Gasteiger partial charge in [-0.15, -0.1) is 24.0 Å². The topological polar surface area (TPSA) is 68.9 Å². The number of nitrogens with one attached hydrogen (secondary N) is 1. The number of nitrogens with zero attached hydrogens (tertiary/aromatic N) is 1. The highest BCUT2D eigenvalue weighted by Gasteiger charge is 2.34. The molecule has 1 aliphatic heterocycles. The van der Waals surface area contributed by atoms with E-state index in [-0.39, 0.29) is 29.4 Å². The Morgan fingerprint density at radius 1 is 1.15 bits per heavy atom. The fourth-order valence-electron chi connectivity index (χ4n) is 4.16. The van der Waals surface area contributed by atoms with E-state index in [0.29, 0.717) is 18.5 Å². The maximum atomic E-state index is 6.24. The van der Waals surface area contributed by atoms with Crippen molar-refractivity contribution in [1.29, 1.82) is 0 Å². The predicted octanol–water partition coefficient (Wildman–Crippen LogP) is 3.99. The van der Waals surface area contributed by atoms with E-state index in [4.69, 9.17) is 20.2 Å². The summed E-state index contributed by atoms with van der Waals surface area (Å²) in [7, 11) is 1.70. The van der Waals surface area contributed by atoms with E-state index in [0.717, 1.165) is 31.8 Å². The highest BCUT2D eigenvalue weighted by atomic mass is 127. The monoisotopic (exact) mass is 487 g/mol. The van der Waals surface area contributed by atoms with Crippen LogP contribution in [0.3, 0.4) is 0 Å². The van der Waals surface area contributed by atoms with Crippen LogP contribution in [0, 0.1) is 0 Å². The van der Waals surface area contributed by atoms with Crippen LogP contribution in [0.2, 0.25) is 0 Å². The molecule has 6 heteroatoms. The van der Waals surface area contributed by atoms with Gasteiger partial charge >= 0.3 is 0 Å². The summed E-state index contributed by atoms with van der Waals surface area (Å²) in [6.45, 7) is 2.25. The smallest absolute Gasteiger partial charge is 0.188 e. The van der Waals surface area contributed by atoms with Gasteiger partial charge < -0.3 is 20.5 Å². The minimum absolute atomic E-state index is 0. The standard InChI is InChI=1S/C21H33N3O2.HI/c1-25-19-10-8-17(9-11-19)21(12-14-26-15-13-21)16-23-20(22)24-18-6-4-2-3-5-7-18;/h8-11,18H,2-7,12-16H2,1H3,(H3,22,23,24);1H. The number of methoxy groups -OCH3 is 1. The molecule has 27 heavy (non-hydrogen) atoms. The van der Waals surface area contributed by atoms with E-state index < -0.39 is 0 Å². The molecule has 5 nitrogen and oxygen atoms in total. The first-order valence-electron chi connectivity index (χ1n) is 10.0. The van der Waals surface area contributed by atoms with Gasteiger partial charge in [0.1, 0.15) is 5.75 Å². The summed E-state index contributed by atoms with van der Waals surface area (Å²) < 4.78 is 10.9. The molecule has 1 aromatic rings. The Kier molecular flexibility index (Phi) is 9.15. The first kappa shape index (κ1) is 22.3. The van der Waals surface area contributed by atoms with Crippen LogP contribution in [0.25, 0.3) is 0 Å². The Morgan fingerprint density at radius 3 is 2.37 bits per heavy atom. The average Bonchev–Trinajstić information content (AvgIpc) is 2.96. The molecule has 1 saturated carbocycles. The van der Waals surface area contributed by atoms with E-state index in [1.165, 1.54) is 44.1 Å². The van der Waals surface area contributed by atoms with Crippen LogP contribution in [-0.2, 0) is 10.2 Å². The maximum absolute atomic E-state index is 6.24. The lowest BCUT2D eigenvalue weighted by molar-refractivity contribution is 0.0531. The summed E-state index contributed by atoms with van der Waals surface area (Å²) in [5, 5.41) is 3.46. The number of hydrogen-bond donors (Lipinski definition) is 2. The molecule has 2 fully saturated rings. The van der Waals surface area contributed by atoms with Gasteiger partial charge in [-0.1, -0.05) is 37.8 Å². The minimum Gasteiger partial charge on any atom is -0.497 e. The molecule has 0 aromatic heterocycles. The van der Waals surface area contributed by atoms with E-state index in [2.05, 4.69) is 17.4 Å². The van der Waals surface area contributed by atoms with Crippen LogP contribution in [0.15, 0.2) is 29.3 Å². The highest BCUT2D eigenvalue weighted by molar-refractivity contribution is 14.0. The van der Waals surface area contributed by atoms with Crippen molar-refractivity contribution in [3.63, 3.8) is 0 Å². The quantitative estimate of drug-likeness (QED) is 0.285. The van der Waals surface area contributed by atoms with Gasteiger partial charge in [-0.25, -0.2) is 0 Å². The molecule has 0 atom stereocenters. The number of aliphatic imine (C=N–C) groups is 1. The van der Waals surface area contributed by atoms with Gasteiger partial charge in [-0.05, 0) is 43.4 Å². The summed E-state index contributed by atoms with van der Waals surface area (Å²) in [5.41, 5.74) is 7.54. The Morgan fingerprint density at radius 2 is 1.78 bits per heavy atom. The predicted molar refractivity (Wildman–Crippen MR) is 121 cm³/mol.